The maximum Gasteiger partial charge on any atom is 0.253 e. The van der Waals surface area contributed by atoms with E-state index in [2.05, 4.69) is 10.6 Å². The largest absolute Gasteiger partial charge is 0.350 e. The van der Waals surface area contributed by atoms with Crippen LogP contribution in [0, 0.1) is 12.8 Å². The number of amides is 2. The number of nitrogens with one attached hydrogen (secondary N) is 2. The Hall–Kier alpha value is -2.71. The van der Waals surface area contributed by atoms with Crippen LogP contribution in [0.1, 0.15) is 54.6 Å². The molecule has 1 saturated heterocycles. The maximum absolute atomic E-state index is 12.9. The first-order chi connectivity index (χ1) is 15.7. The third-order valence-corrected chi connectivity index (χ3v) is 7.96. The zero-order chi connectivity index (χ0) is 24.0. The lowest BCUT2D eigenvalue weighted by Crippen LogP contribution is -2.42. The molecule has 7 nitrogen and oxygen atoms in total. The molecule has 3 rings (SSSR count). The molecule has 0 bridgehead atoms. The highest BCUT2D eigenvalue weighted by molar-refractivity contribution is 7.88. The Kier molecular flexibility index (Phi) is 8.26. The van der Waals surface area contributed by atoms with Crippen molar-refractivity contribution in [2.75, 3.05) is 18.4 Å². The van der Waals surface area contributed by atoms with Gasteiger partial charge in [0.2, 0.25) is 15.9 Å². The van der Waals surface area contributed by atoms with Gasteiger partial charge in [0.15, 0.2) is 0 Å². The fourth-order valence-corrected chi connectivity index (χ4v) is 5.37. The normalized spacial score (nSPS) is 16.2. The number of para-hydroxylation sites is 1. The van der Waals surface area contributed by atoms with Gasteiger partial charge in [-0.25, -0.2) is 12.7 Å². The van der Waals surface area contributed by atoms with Crippen LogP contribution in [-0.2, 0) is 20.6 Å². The number of nitrogens with zero attached hydrogens (tertiary/aromatic N) is 1. The van der Waals surface area contributed by atoms with Crippen molar-refractivity contribution in [3.63, 3.8) is 0 Å². The molecule has 0 spiro atoms. The first-order valence-electron chi connectivity index (χ1n) is 11.4. The lowest BCUT2D eigenvalue weighted by Gasteiger charge is -2.30. The molecule has 1 fully saturated rings. The highest BCUT2D eigenvalue weighted by atomic mass is 32.2. The van der Waals surface area contributed by atoms with E-state index in [9.17, 15) is 18.0 Å². The van der Waals surface area contributed by atoms with Gasteiger partial charge >= 0.3 is 0 Å². The zero-order valence-electron chi connectivity index (χ0n) is 19.5. The second-order valence-corrected chi connectivity index (χ2v) is 10.7. The second-order valence-electron chi connectivity index (χ2n) is 8.73. The predicted molar refractivity (Wildman–Crippen MR) is 130 cm³/mol. The molecule has 1 aliphatic rings. The third kappa shape index (κ3) is 6.65. The summed E-state index contributed by atoms with van der Waals surface area (Å²) >= 11 is 0. The molecule has 2 amide bonds. The van der Waals surface area contributed by atoms with E-state index >= 15 is 0 Å². The Morgan fingerprint density at radius 1 is 1.06 bits per heavy atom. The number of hydrogen-bond acceptors (Lipinski definition) is 4. The van der Waals surface area contributed by atoms with Gasteiger partial charge in [-0.2, -0.15) is 0 Å². The number of hydrogen-bond donors (Lipinski definition) is 2. The molecular weight excluding hydrogens is 438 g/mol. The summed E-state index contributed by atoms with van der Waals surface area (Å²) in [5.74, 6) is -0.754. The monoisotopic (exact) mass is 471 g/mol. The summed E-state index contributed by atoms with van der Waals surface area (Å²) in [6.45, 7) is 6.50. The number of sulfonamides is 1. The predicted octanol–water partition coefficient (Wildman–Crippen LogP) is 3.70. The van der Waals surface area contributed by atoms with Gasteiger partial charge in [-0.05, 0) is 50.8 Å². The molecule has 2 aromatic carbocycles. The summed E-state index contributed by atoms with van der Waals surface area (Å²) in [4.78, 5) is 25.5. The molecule has 0 unspecified atom stereocenters. The van der Waals surface area contributed by atoms with Gasteiger partial charge in [-0.15, -0.1) is 0 Å². The Balaban J connectivity index is 1.59. The summed E-state index contributed by atoms with van der Waals surface area (Å²) in [5.41, 5.74) is 2.73. The molecule has 1 aliphatic heterocycles. The van der Waals surface area contributed by atoms with Crippen LogP contribution in [0.15, 0.2) is 48.5 Å². The number of benzene rings is 2. The number of carbonyl (C=O) groups excluding carboxylic acids is 2. The van der Waals surface area contributed by atoms with Crippen LogP contribution < -0.4 is 10.6 Å². The molecule has 2 aromatic rings. The Labute approximate surface area is 196 Å². The molecule has 1 heterocycles. The van der Waals surface area contributed by atoms with Crippen molar-refractivity contribution in [3.05, 3.63) is 65.2 Å². The molecule has 2 N–H and O–H groups in total. The maximum atomic E-state index is 12.9. The topological polar surface area (TPSA) is 95.6 Å². The first-order valence-corrected chi connectivity index (χ1v) is 13.0. The molecule has 33 heavy (non-hydrogen) atoms. The lowest BCUT2D eigenvalue weighted by molar-refractivity contribution is -0.120. The average Bonchev–Trinajstić information content (AvgIpc) is 2.80. The molecule has 1 atom stereocenters. The van der Waals surface area contributed by atoms with Crippen LogP contribution in [-0.4, -0.2) is 43.7 Å². The van der Waals surface area contributed by atoms with Crippen LogP contribution in [0.2, 0.25) is 0 Å². The van der Waals surface area contributed by atoms with Crippen molar-refractivity contribution in [3.8, 4) is 0 Å². The molecule has 0 aliphatic carbocycles. The SMILES string of the molecule is CC[C@@H](C)NC(=O)c1ccccc1NC(=O)C1CCN(S(=O)(=O)Cc2ccc(C)cc2)CC1. The number of carbonyl (C=O) groups is 2. The molecule has 8 heteroatoms. The summed E-state index contributed by atoms with van der Waals surface area (Å²) in [5, 5.41) is 5.80. The van der Waals surface area contributed by atoms with Gasteiger partial charge in [0.1, 0.15) is 0 Å². The second kappa shape index (κ2) is 10.9. The molecule has 0 saturated carbocycles. The van der Waals surface area contributed by atoms with E-state index in [0.29, 0.717) is 37.2 Å². The van der Waals surface area contributed by atoms with E-state index in [1.807, 2.05) is 45.0 Å². The summed E-state index contributed by atoms with van der Waals surface area (Å²) < 4.78 is 27.1. The minimum Gasteiger partial charge on any atom is -0.350 e. The minimum atomic E-state index is -3.44. The number of rotatable bonds is 8. The van der Waals surface area contributed by atoms with E-state index in [-0.39, 0.29) is 29.5 Å². The van der Waals surface area contributed by atoms with Crippen molar-refractivity contribution >= 4 is 27.5 Å². The Morgan fingerprint density at radius 2 is 1.70 bits per heavy atom. The highest BCUT2D eigenvalue weighted by Gasteiger charge is 2.31. The van der Waals surface area contributed by atoms with Gasteiger partial charge in [-0.1, -0.05) is 48.9 Å². The van der Waals surface area contributed by atoms with Crippen molar-refractivity contribution in [1.29, 1.82) is 0 Å². The summed E-state index contributed by atoms with van der Waals surface area (Å²) in [6.07, 6.45) is 1.70. The number of aryl methyl sites for hydroxylation is 1. The Bertz CT molecular complexity index is 1080. The summed E-state index contributed by atoms with van der Waals surface area (Å²) in [6, 6.07) is 14.5. The first kappa shape index (κ1) is 24.9. The van der Waals surface area contributed by atoms with Crippen LogP contribution in [0.5, 0.6) is 0 Å². The van der Waals surface area contributed by atoms with Crippen molar-refractivity contribution in [1.82, 2.24) is 9.62 Å². The third-order valence-electron chi connectivity index (χ3n) is 6.11. The fraction of sp³-hybridized carbons (Fsp3) is 0.440. The quantitative estimate of drug-likeness (QED) is 0.614. The van der Waals surface area contributed by atoms with E-state index in [1.165, 1.54) is 4.31 Å². The van der Waals surface area contributed by atoms with E-state index < -0.39 is 10.0 Å². The van der Waals surface area contributed by atoms with E-state index in [0.717, 1.165) is 17.5 Å². The molecule has 178 valence electrons. The molecule has 0 aromatic heterocycles. The standard InChI is InChI=1S/C25H33N3O4S/c1-4-19(3)26-25(30)22-7-5-6-8-23(22)27-24(29)21-13-15-28(16-14-21)33(31,32)17-20-11-9-18(2)10-12-20/h5-12,19,21H,4,13-17H2,1-3H3,(H,26,30)(H,27,29)/t19-/m1/s1. The van der Waals surface area contributed by atoms with Gasteiger partial charge in [0.25, 0.3) is 5.91 Å². The lowest BCUT2D eigenvalue weighted by atomic mass is 9.97. The van der Waals surface area contributed by atoms with Crippen molar-refractivity contribution < 1.29 is 18.0 Å². The smallest absolute Gasteiger partial charge is 0.253 e. The Morgan fingerprint density at radius 3 is 2.33 bits per heavy atom. The van der Waals surface area contributed by atoms with Gasteiger partial charge in [0, 0.05) is 25.0 Å². The van der Waals surface area contributed by atoms with E-state index in [1.54, 1.807) is 24.3 Å². The van der Waals surface area contributed by atoms with Gasteiger partial charge < -0.3 is 10.6 Å². The van der Waals surface area contributed by atoms with Crippen molar-refractivity contribution in [2.45, 2.75) is 51.8 Å². The minimum absolute atomic E-state index is 0.0347. The summed E-state index contributed by atoms with van der Waals surface area (Å²) in [7, 11) is -3.44. The highest BCUT2D eigenvalue weighted by Crippen LogP contribution is 2.24. The average molecular weight is 472 g/mol. The van der Waals surface area contributed by atoms with Crippen LogP contribution >= 0.6 is 0 Å². The van der Waals surface area contributed by atoms with Crippen molar-refractivity contribution in [2.24, 2.45) is 5.92 Å². The molecule has 0 radical (unpaired) electrons. The van der Waals surface area contributed by atoms with Crippen LogP contribution in [0.25, 0.3) is 0 Å². The van der Waals surface area contributed by atoms with Crippen LogP contribution in [0.4, 0.5) is 5.69 Å². The molecular formula is C25H33N3O4S. The van der Waals surface area contributed by atoms with E-state index in [4.69, 9.17) is 0 Å². The number of piperidine rings is 1. The van der Waals surface area contributed by atoms with Crippen LogP contribution in [0.3, 0.4) is 0 Å². The van der Waals surface area contributed by atoms with Gasteiger partial charge in [0.05, 0.1) is 17.0 Å². The number of anilines is 1. The van der Waals surface area contributed by atoms with Gasteiger partial charge in [-0.3, -0.25) is 9.59 Å². The zero-order valence-corrected chi connectivity index (χ0v) is 20.3. The fourth-order valence-electron chi connectivity index (χ4n) is 3.81.